The highest BCUT2D eigenvalue weighted by Crippen LogP contribution is 2.37. The molecular formula is C33H58N2O9. The second kappa shape index (κ2) is 15.0. The Morgan fingerprint density at radius 3 is 2.36 bits per heavy atom. The maximum Gasteiger partial charge on any atom is 0.316 e. The van der Waals surface area contributed by atoms with Gasteiger partial charge in [0.1, 0.15) is 23.7 Å². The lowest BCUT2D eigenvalue weighted by Crippen LogP contribution is -2.59. The molecule has 44 heavy (non-hydrogen) atoms. The van der Waals surface area contributed by atoms with E-state index in [2.05, 4.69) is 0 Å². The smallest absolute Gasteiger partial charge is 0.316 e. The molecule has 11 nitrogen and oxygen atoms in total. The highest BCUT2D eigenvalue weighted by atomic mass is 16.7. The van der Waals surface area contributed by atoms with E-state index in [1.165, 1.54) is 6.92 Å². The quantitative estimate of drug-likeness (QED) is 0.354. The molecule has 11 heteroatoms. The van der Waals surface area contributed by atoms with Crippen molar-refractivity contribution in [3.05, 3.63) is 0 Å². The van der Waals surface area contributed by atoms with E-state index < -0.39 is 59.7 Å². The van der Waals surface area contributed by atoms with E-state index in [0.717, 1.165) is 0 Å². The lowest BCUT2D eigenvalue weighted by molar-refractivity contribution is -0.298. The van der Waals surface area contributed by atoms with Gasteiger partial charge in [0.2, 0.25) is 0 Å². The number of Topliss-reactive ketones (excluding diaryl/α,β-unsaturated/α-hetero) is 1. The molecule has 4 heterocycles. The monoisotopic (exact) mass is 626 g/mol. The first kappa shape index (κ1) is 37.0. The molecule has 1 unspecified atom stereocenters. The van der Waals surface area contributed by atoms with Crippen LogP contribution < -0.4 is 0 Å². The number of carbonyl (C=O) groups is 2. The van der Waals surface area contributed by atoms with Crippen molar-refractivity contribution in [1.82, 2.24) is 4.90 Å². The largest absolute Gasteiger partial charge is 0.459 e. The minimum Gasteiger partial charge on any atom is -0.459 e. The van der Waals surface area contributed by atoms with Crippen molar-refractivity contribution in [3.8, 4) is 0 Å². The second-order valence-corrected chi connectivity index (χ2v) is 14.3. The Labute approximate surface area is 264 Å². The fraction of sp³-hybridized carbons (Fsp3) is 0.909. The third kappa shape index (κ3) is 8.27. The van der Waals surface area contributed by atoms with Crippen LogP contribution in [0.15, 0.2) is 4.99 Å². The summed E-state index contributed by atoms with van der Waals surface area (Å²) in [5.41, 5.74) is -2.63. The number of aliphatic hydroxyl groups is 2. The fourth-order valence-electron chi connectivity index (χ4n) is 7.05. The molecule has 2 fully saturated rings. The van der Waals surface area contributed by atoms with Crippen LogP contribution in [0.5, 0.6) is 0 Å². The maximum absolute atomic E-state index is 14.1. The van der Waals surface area contributed by atoms with Crippen LogP contribution in [0, 0.1) is 23.7 Å². The van der Waals surface area contributed by atoms with Gasteiger partial charge < -0.3 is 38.8 Å². The van der Waals surface area contributed by atoms with Crippen LogP contribution in [0.1, 0.15) is 81.6 Å². The fourth-order valence-corrected chi connectivity index (χ4v) is 7.05. The number of hydrogen-bond acceptors (Lipinski definition) is 11. The van der Waals surface area contributed by atoms with Crippen molar-refractivity contribution in [3.63, 3.8) is 0 Å². The molecule has 4 aliphatic rings. The van der Waals surface area contributed by atoms with E-state index in [4.69, 9.17) is 28.7 Å². The third-order valence-corrected chi connectivity index (χ3v) is 9.71. The summed E-state index contributed by atoms with van der Waals surface area (Å²) >= 11 is 0. The van der Waals surface area contributed by atoms with Gasteiger partial charge in [-0.1, -0.05) is 27.7 Å². The molecular weight excluding hydrogens is 568 g/mol. The summed E-state index contributed by atoms with van der Waals surface area (Å²) in [4.78, 5) is 34.4. The molecule has 0 radical (unpaired) electrons. The van der Waals surface area contributed by atoms with Crippen molar-refractivity contribution < 1.29 is 43.5 Å². The van der Waals surface area contributed by atoms with Gasteiger partial charge in [-0.25, -0.2) is 0 Å². The van der Waals surface area contributed by atoms with Gasteiger partial charge in [-0.3, -0.25) is 14.6 Å². The number of rotatable bonds is 4. The summed E-state index contributed by atoms with van der Waals surface area (Å²) in [5, 5.41) is 23.2. The molecule has 254 valence electrons. The lowest BCUT2D eigenvalue weighted by atomic mass is 9.79. The zero-order valence-corrected chi connectivity index (χ0v) is 28.7. The predicted octanol–water partition coefficient (Wildman–Crippen LogP) is 3.02. The number of carbonyl (C=O) groups excluding carboxylic acids is 2. The van der Waals surface area contributed by atoms with Crippen molar-refractivity contribution >= 4 is 18.0 Å². The average Bonchev–Trinajstić information content (AvgIpc) is 2.95. The zero-order valence-electron chi connectivity index (χ0n) is 28.7. The summed E-state index contributed by atoms with van der Waals surface area (Å²) in [6, 6.07) is -0.478. The van der Waals surface area contributed by atoms with Crippen LogP contribution in [0.2, 0.25) is 0 Å². The summed E-state index contributed by atoms with van der Waals surface area (Å²) < 4.78 is 31.7. The molecule has 0 aromatic carbocycles. The van der Waals surface area contributed by atoms with Crippen LogP contribution in [-0.4, -0.2) is 120 Å². The Kier molecular flexibility index (Phi) is 12.6. The first-order chi connectivity index (χ1) is 20.4. The van der Waals surface area contributed by atoms with Gasteiger partial charge in [0.15, 0.2) is 12.1 Å². The normalized spacial score (nSPS) is 46.9. The Morgan fingerprint density at radius 2 is 1.75 bits per heavy atom. The number of hydrogen-bond donors (Lipinski definition) is 2. The number of nitrogens with zero attached hydrogens (tertiary/aromatic N) is 2. The summed E-state index contributed by atoms with van der Waals surface area (Å²) in [6.07, 6.45) is -1.66. The van der Waals surface area contributed by atoms with Gasteiger partial charge in [0.25, 0.3) is 0 Å². The van der Waals surface area contributed by atoms with Crippen molar-refractivity contribution in [2.75, 3.05) is 27.3 Å². The highest BCUT2D eigenvalue weighted by Gasteiger charge is 2.51. The van der Waals surface area contributed by atoms with Crippen LogP contribution in [0.4, 0.5) is 0 Å². The maximum atomic E-state index is 14.1. The second-order valence-electron chi connectivity index (χ2n) is 14.3. The number of aliphatic hydroxyl groups excluding tert-OH is 1. The van der Waals surface area contributed by atoms with Crippen molar-refractivity contribution in [2.24, 2.45) is 28.7 Å². The summed E-state index contributed by atoms with van der Waals surface area (Å²) in [5.74, 6) is -3.50. The molecule has 2 N–H and O–H groups in total. The van der Waals surface area contributed by atoms with E-state index in [1.54, 1.807) is 20.1 Å². The van der Waals surface area contributed by atoms with Crippen LogP contribution in [0.25, 0.3) is 0 Å². The number of aliphatic imine (C=N–C) groups is 1. The molecule has 4 rings (SSSR count). The summed E-state index contributed by atoms with van der Waals surface area (Å²) in [6.45, 7) is 17.0. The van der Waals surface area contributed by atoms with Crippen molar-refractivity contribution in [2.45, 2.75) is 142 Å². The number of fused-ring (bicyclic) bond motifs is 14. The number of ether oxygens (including phenoxy) is 5. The van der Waals surface area contributed by atoms with Gasteiger partial charge in [0, 0.05) is 42.5 Å². The standard InChI is InChI=1S/C33H58N2O9/c1-12-25-33(9,39)28-19(3)15-34-20(4)14-32(8,41-17-18(2)16-40-28)29(22(6)26(36)23(7)30(38)43-25)44-31-27(37)24(35(10)11)13-21(5)42-31/h15,18-25,27-29,31,37,39H,12-14,16-17H2,1-11H3/t18?,19-,20+,21+,22-,23+,24-,25+,27+,28+,29+,31-,32+,33+/m0/s1. The topological polar surface area (TPSA) is 136 Å². The number of ketones is 1. The van der Waals surface area contributed by atoms with Crippen LogP contribution >= 0.6 is 0 Å². The molecule has 0 aromatic heterocycles. The van der Waals surface area contributed by atoms with Crippen LogP contribution in [-0.2, 0) is 33.3 Å². The van der Waals surface area contributed by atoms with Gasteiger partial charge >= 0.3 is 5.97 Å². The van der Waals surface area contributed by atoms with Crippen molar-refractivity contribution in [1.29, 1.82) is 0 Å². The zero-order chi connectivity index (χ0) is 33.1. The average molecular weight is 627 g/mol. The van der Waals surface area contributed by atoms with Gasteiger partial charge in [-0.15, -0.1) is 0 Å². The van der Waals surface area contributed by atoms with E-state index in [1.807, 2.05) is 60.5 Å². The first-order valence-corrected chi connectivity index (χ1v) is 16.3. The summed E-state index contributed by atoms with van der Waals surface area (Å²) in [7, 11) is 3.80. The van der Waals surface area contributed by atoms with E-state index in [9.17, 15) is 19.8 Å². The van der Waals surface area contributed by atoms with Crippen LogP contribution in [0.3, 0.4) is 0 Å². The Balaban J connectivity index is 2.17. The first-order valence-electron chi connectivity index (χ1n) is 16.3. The Morgan fingerprint density at radius 1 is 1.09 bits per heavy atom. The molecule has 0 aromatic rings. The van der Waals surface area contributed by atoms with Gasteiger partial charge in [-0.2, -0.15) is 0 Å². The highest BCUT2D eigenvalue weighted by molar-refractivity contribution is 6.00. The molecule has 0 amide bonds. The molecule has 2 bridgehead atoms. The third-order valence-electron chi connectivity index (χ3n) is 9.71. The minimum absolute atomic E-state index is 0.0838. The van der Waals surface area contributed by atoms with Gasteiger partial charge in [0.05, 0.1) is 37.1 Å². The van der Waals surface area contributed by atoms with E-state index in [-0.39, 0.29) is 49.0 Å². The molecule has 2 saturated heterocycles. The molecule has 4 aliphatic heterocycles. The van der Waals surface area contributed by atoms with E-state index >= 15 is 0 Å². The molecule has 0 aliphatic carbocycles. The predicted molar refractivity (Wildman–Crippen MR) is 166 cm³/mol. The number of likely N-dealkylation sites (N-methyl/N-ethyl adjacent to an activating group) is 1. The Hall–Kier alpha value is -1.47. The molecule has 0 saturated carbocycles. The minimum atomic E-state index is -1.56. The van der Waals surface area contributed by atoms with E-state index in [0.29, 0.717) is 19.3 Å². The number of esters is 1. The molecule has 0 spiro atoms. The lowest BCUT2D eigenvalue weighted by Gasteiger charge is -2.47. The molecule has 14 atom stereocenters. The van der Waals surface area contributed by atoms with Gasteiger partial charge in [-0.05, 0) is 61.6 Å². The Bertz CT molecular complexity index is 1010. The SMILES string of the molecule is CC[C@H]1OC(=O)[C@H](C)C(=O)[C@H](C)[C@@H](O[C@@H]2O[C@H](C)C[C@H](N(C)C)[C@H]2O)[C@@]2(C)C[C@@H](C)N=C[C@H](C)[C@@H](OCC(C)CO2)[C@]1(C)O.